The molecule has 0 radical (unpaired) electrons. The quantitative estimate of drug-likeness (QED) is 0.793. The van der Waals surface area contributed by atoms with Gasteiger partial charge < -0.3 is 21.5 Å². The smallest absolute Gasteiger partial charge is 0.149 e. The second kappa shape index (κ2) is 5.01. The van der Waals surface area contributed by atoms with Crippen LogP contribution < -0.4 is 21.5 Å². The molecule has 2 aromatic rings. The lowest BCUT2D eigenvalue weighted by molar-refractivity contribution is 0.415. The van der Waals surface area contributed by atoms with Gasteiger partial charge in [0.25, 0.3) is 0 Å². The number of hydrogen-bond donors (Lipinski definition) is 3. The van der Waals surface area contributed by atoms with E-state index in [0.29, 0.717) is 28.1 Å². The van der Waals surface area contributed by atoms with Crippen molar-refractivity contribution in [3.05, 3.63) is 35.4 Å². The minimum Gasteiger partial charge on any atom is -0.495 e. The molecule has 6 heteroatoms. The molecule has 5 N–H and O–H groups in total. The number of benzene rings is 1. The minimum absolute atomic E-state index is 0.293. The van der Waals surface area contributed by atoms with Crippen molar-refractivity contribution in [2.24, 2.45) is 0 Å². The summed E-state index contributed by atoms with van der Waals surface area (Å²) in [7, 11) is 1.56. The van der Waals surface area contributed by atoms with Crippen LogP contribution in [0.1, 0.15) is 0 Å². The molecule has 0 aliphatic heterocycles. The second-order valence-corrected chi connectivity index (χ2v) is 4.05. The number of nitrogens with two attached hydrogens (primary N) is 2. The third-order valence-corrected chi connectivity index (χ3v) is 2.69. The molecule has 18 heavy (non-hydrogen) atoms. The highest BCUT2D eigenvalue weighted by Gasteiger charge is 2.04. The van der Waals surface area contributed by atoms with Gasteiger partial charge in [0.15, 0.2) is 0 Å². The summed E-state index contributed by atoms with van der Waals surface area (Å²) in [6, 6.07) is 8.77. The summed E-state index contributed by atoms with van der Waals surface area (Å²) < 4.78 is 5.13. The second-order valence-electron chi connectivity index (χ2n) is 3.65. The van der Waals surface area contributed by atoms with Crippen LogP contribution >= 0.6 is 11.6 Å². The number of ether oxygens (including phenoxy) is 1. The molecule has 0 saturated carbocycles. The Hall–Kier alpha value is -2.14. The number of halogens is 1. The maximum absolute atomic E-state index is 5.94. The molecule has 1 heterocycles. The number of aromatic nitrogens is 1. The highest BCUT2D eigenvalue weighted by Crippen LogP contribution is 2.29. The Bertz CT molecular complexity index is 574. The number of hydrogen-bond acceptors (Lipinski definition) is 5. The Labute approximate surface area is 110 Å². The molecule has 0 amide bonds. The van der Waals surface area contributed by atoms with Gasteiger partial charge in [0, 0.05) is 11.8 Å². The molecule has 0 fully saturated rings. The zero-order valence-corrected chi connectivity index (χ0v) is 10.5. The van der Waals surface area contributed by atoms with Crippen LogP contribution in [-0.2, 0) is 0 Å². The van der Waals surface area contributed by atoms with Crippen LogP contribution in [0.2, 0.25) is 5.02 Å². The first kappa shape index (κ1) is 12.3. The third kappa shape index (κ3) is 2.57. The van der Waals surface area contributed by atoms with Gasteiger partial charge in [-0.15, -0.1) is 0 Å². The van der Waals surface area contributed by atoms with E-state index in [2.05, 4.69) is 10.3 Å². The monoisotopic (exact) mass is 264 g/mol. The molecule has 1 aromatic carbocycles. The zero-order valence-electron chi connectivity index (χ0n) is 9.77. The Morgan fingerprint density at radius 1 is 1.22 bits per heavy atom. The zero-order chi connectivity index (χ0) is 13.1. The van der Waals surface area contributed by atoms with Crippen molar-refractivity contribution < 1.29 is 4.74 Å². The van der Waals surface area contributed by atoms with Gasteiger partial charge in [0.05, 0.1) is 17.8 Å². The Morgan fingerprint density at radius 2 is 2.00 bits per heavy atom. The number of rotatable bonds is 3. The summed E-state index contributed by atoms with van der Waals surface area (Å²) in [6.45, 7) is 0. The average molecular weight is 265 g/mol. The average Bonchev–Trinajstić information content (AvgIpc) is 2.36. The largest absolute Gasteiger partial charge is 0.495 e. The Kier molecular flexibility index (Phi) is 3.43. The van der Waals surface area contributed by atoms with Crippen molar-refractivity contribution in [1.29, 1.82) is 0 Å². The molecule has 0 saturated heterocycles. The van der Waals surface area contributed by atoms with E-state index in [-0.39, 0.29) is 0 Å². The molecular weight excluding hydrogens is 252 g/mol. The van der Waals surface area contributed by atoms with Gasteiger partial charge in [0.1, 0.15) is 17.4 Å². The molecule has 5 nitrogen and oxygen atoms in total. The van der Waals surface area contributed by atoms with Crippen LogP contribution in [0.25, 0.3) is 0 Å². The predicted molar refractivity (Wildman–Crippen MR) is 74.3 cm³/mol. The third-order valence-electron chi connectivity index (χ3n) is 2.38. The van der Waals surface area contributed by atoms with Crippen LogP contribution in [0.4, 0.5) is 23.0 Å². The Morgan fingerprint density at radius 3 is 2.67 bits per heavy atom. The topological polar surface area (TPSA) is 86.2 Å². The first-order valence-electron chi connectivity index (χ1n) is 5.22. The van der Waals surface area contributed by atoms with Crippen molar-refractivity contribution in [1.82, 2.24) is 4.98 Å². The van der Waals surface area contributed by atoms with Gasteiger partial charge in [-0.25, -0.2) is 4.98 Å². The highest BCUT2D eigenvalue weighted by molar-refractivity contribution is 6.32. The summed E-state index contributed by atoms with van der Waals surface area (Å²) in [5, 5.41) is 3.64. The minimum atomic E-state index is 0.293. The van der Waals surface area contributed by atoms with E-state index in [1.165, 1.54) is 0 Å². The van der Waals surface area contributed by atoms with Crippen molar-refractivity contribution in [3.63, 3.8) is 0 Å². The van der Waals surface area contributed by atoms with Crippen LogP contribution in [0.15, 0.2) is 30.3 Å². The number of pyridine rings is 1. The summed E-state index contributed by atoms with van der Waals surface area (Å²) in [6.07, 6.45) is 0. The van der Waals surface area contributed by atoms with E-state index in [9.17, 15) is 0 Å². The van der Waals surface area contributed by atoms with Gasteiger partial charge >= 0.3 is 0 Å². The molecule has 94 valence electrons. The number of nitrogens with one attached hydrogen (secondary N) is 1. The maximum Gasteiger partial charge on any atom is 0.149 e. The summed E-state index contributed by atoms with van der Waals surface area (Å²) >= 11 is 5.94. The lowest BCUT2D eigenvalue weighted by atomic mass is 10.3. The number of nitrogens with zero attached hydrogens (tertiary/aromatic N) is 1. The lowest BCUT2D eigenvalue weighted by Crippen LogP contribution is -2.01. The fourth-order valence-corrected chi connectivity index (χ4v) is 1.64. The molecule has 0 spiro atoms. The summed E-state index contributed by atoms with van der Waals surface area (Å²) in [5.74, 6) is 1.48. The maximum atomic E-state index is 5.94. The molecule has 0 aliphatic rings. The fraction of sp³-hybridized carbons (Fsp3) is 0.0833. The molecule has 1 aromatic heterocycles. The predicted octanol–water partition coefficient (Wildman–Crippen LogP) is 2.65. The van der Waals surface area contributed by atoms with Gasteiger partial charge in [-0.05, 0) is 24.3 Å². The molecule has 2 rings (SSSR count). The first-order chi connectivity index (χ1) is 8.60. The van der Waals surface area contributed by atoms with Gasteiger partial charge in [0.2, 0.25) is 0 Å². The molecule has 0 atom stereocenters. The van der Waals surface area contributed by atoms with Crippen molar-refractivity contribution in [3.8, 4) is 5.75 Å². The van der Waals surface area contributed by atoms with Crippen molar-refractivity contribution in [2.75, 3.05) is 23.9 Å². The SMILES string of the molecule is COc1cc(Nc2ccc(N)c(N)n2)ccc1Cl. The van der Waals surface area contributed by atoms with Crippen molar-refractivity contribution >= 4 is 34.6 Å². The summed E-state index contributed by atoms with van der Waals surface area (Å²) in [5.41, 5.74) is 12.5. The molecular formula is C12H13ClN4O. The summed E-state index contributed by atoms with van der Waals surface area (Å²) in [4.78, 5) is 4.11. The van der Waals surface area contributed by atoms with E-state index in [1.54, 1.807) is 31.4 Å². The van der Waals surface area contributed by atoms with E-state index < -0.39 is 0 Å². The fourth-order valence-electron chi connectivity index (χ4n) is 1.44. The van der Waals surface area contributed by atoms with Crippen molar-refractivity contribution in [2.45, 2.75) is 0 Å². The van der Waals surface area contributed by atoms with Crippen LogP contribution in [0, 0.1) is 0 Å². The standard InChI is InChI=1S/C12H13ClN4O/c1-18-10-6-7(2-3-8(10)13)16-11-5-4-9(14)12(15)17-11/h2-6H,14H2,1H3,(H3,15,16,17). The number of methoxy groups -OCH3 is 1. The van der Waals surface area contributed by atoms with Gasteiger partial charge in [-0.3, -0.25) is 0 Å². The van der Waals surface area contributed by atoms with Gasteiger partial charge in [-0.1, -0.05) is 11.6 Å². The van der Waals surface area contributed by atoms with E-state index in [4.69, 9.17) is 27.8 Å². The molecule has 0 bridgehead atoms. The highest BCUT2D eigenvalue weighted by atomic mass is 35.5. The number of nitrogen functional groups attached to an aromatic ring is 2. The van der Waals surface area contributed by atoms with Crippen LogP contribution in [-0.4, -0.2) is 12.1 Å². The lowest BCUT2D eigenvalue weighted by Gasteiger charge is -2.09. The normalized spacial score (nSPS) is 10.1. The van der Waals surface area contributed by atoms with Gasteiger partial charge in [-0.2, -0.15) is 0 Å². The van der Waals surface area contributed by atoms with Crippen LogP contribution in [0.5, 0.6) is 5.75 Å². The van der Waals surface area contributed by atoms with Crippen LogP contribution in [0.3, 0.4) is 0 Å². The molecule has 0 unspecified atom stereocenters. The van der Waals surface area contributed by atoms with E-state index in [1.807, 2.05) is 6.07 Å². The van der Waals surface area contributed by atoms with E-state index in [0.717, 1.165) is 5.69 Å². The molecule has 0 aliphatic carbocycles. The Balaban J connectivity index is 2.25. The van der Waals surface area contributed by atoms with E-state index >= 15 is 0 Å². The number of anilines is 4. The first-order valence-corrected chi connectivity index (χ1v) is 5.60.